The maximum Gasteiger partial charge on any atom is 0.338 e. The lowest BCUT2D eigenvalue weighted by molar-refractivity contribution is -0.141. The quantitative estimate of drug-likeness (QED) is 0.314. The fraction of sp³-hybridized carbons (Fsp3) is 0.486. The van der Waals surface area contributed by atoms with E-state index in [1.165, 1.54) is 24.6 Å². The summed E-state index contributed by atoms with van der Waals surface area (Å²) < 4.78 is 17.3. The van der Waals surface area contributed by atoms with Gasteiger partial charge in [-0.15, -0.1) is 0 Å². The number of allylic oxidation sites excluding steroid dienone is 1. The number of hydrogen-bond acceptors (Lipinski definition) is 6. The summed E-state index contributed by atoms with van der Waals surface area (Å²) in [5, 5.41) is 14.0. The lowest BCUT2D eigenvalue weighted by atomic mass is 9.53. The molecule has 4 rings (SSSR count). The Bertz CT molecular complexity index is 1320. The molecule has 2 aliphatic carbocycles. The number of benzene rings is 2. The molecule has 42 heavy (non-hydrogen) atoms. The zero-order valence-electron chi connectivity index (χ0n) is 26.3. The standard InChI is InChI=1S/C35H46O6Si/c1-24(20-22-41-42(33(2,3)4,25-15-11-9-12-16-25)26-17-13-10-14-18-26)34(5)21-19-28-30(32(38)40-8)27(31(37)39-7)23-29(36)35(28,34)6/h9-19,24,29,36H,20-23H2,1-8H3. The number of fused-ring (bicyclic) bond motifs is 1. The molecule has 1 N–H and O–H groups in total. The maximum absolute atomic E-state index is 13.0. The molecule has 2 aliphatic rings. The van der Waals surface area contributed by atoms with Crippen LogP contribution >= 0.6 is 0 Å². The zero-order chi connectivity index (χ0) is 30.9. The van der Waals surface area contributed by atoms with Gasteiger partial charge >= 0.3 is 11.9 Å². The smallest absolute Gasteiger partial charge is 0.338 e. The molecule has 0 fully saturated rings. The second-order valence-electron chi connectivity index (χ2n) is 13.2. The predicted octanol–water partition coefficient (Wildman–Crippen LogP) is 5.34. The number of aliphatic hydroxyl groups excluding tert-OH is 1. The van der Waals surface area contributed by atoms with Crippen molar-refractivity contribution in [3.63, 3.8) is 0 Å². The van der Waals surface area contributed by atoms with Gasteiger partial charge in [-0.3, -0.25) is 0 Å². The normalized spacial score (nSPS) is 25.0. The van der Waals surface area contributed by atoms with Crippen LogP contribution in [-0.2, 0) is 23.5 Å². The van der Waals surface area contributed by atoms with E-state index in [1.807, 2.05) is 25.1 Å². The Balaban J connectivity index is 1.66. The van der Waals surface area contributed by atoms with E-state index in [0.717, 1.165) is 6.42 Å². The van der Waals surface area contributed by atoms with Gasteiger partial charge in [0.15, 0.2) is 0 Å². The fourth-order valence-electron chi connectivity index (χ4n) is 7.46. The lowest BCUT2D eigenvalue weighted by Gasteiger charge is -2.52. The number of carbonyl (C=O) groups is 2. The zero-order valence-corrected chi connectivity index (χ0v) is 27.3. The van der Waals surface area contributed by atoms with Gasteiger partial charge in [0.2, 0.25) is 0 Å². The van der Waals surface area contributed by atoms with Crippen molar-refractivity contribution in [3.8, 4) is 0 Å². The van der Waals surface area contributed by atoms with Gasteiger partial charge < -0.3 is 19.0 Å². The molecule has 4 atom stereocenters. The summed E-state index contributed by atoms with van der Waals surface area (Å²) in [5.41, 5.74) is -0.0672. The summed E-state index contributed by atoms with van der Waals surface area (Å²) in [7, 11) is -0.0912. The molecular weight excluding hydrogens is 544 g/mol. The van der Waals surface area contributed by atoms with E-state index in [4.69, 9.17) is 13.9 Å². The summed E-state index contributed by atoms with van der Waals surface area (Å²) in [6.45, 7) is 13.8. The van der Waals surface area contributed by atoms with E-state index < -0.39 is 37.2 Å². The molecule has 0 saturated heterocycles. The Morgan fingerprint density at radius 1 is 0.952 bits per heavy atom. The summed E-state index contributed by atoms with van der Waals surface area (Å²) in [4.78, 5) is 25.6. The van der Waals surface area contributed by atoms with Crippen molar-refractivity contribution in [3.05, 3.63) is 83.5 Å². The van der Waals surface area contributed by atoms with Crippen LogP contribution in [-0.4, -0.2) is 52.3 Å². The number of carbonyl (C=O) groups excluding carboxylic acids is 2. The van der Waals surface area contributed by atoms with Crippen molar-refractivity contribution in [1.29, 1.82) is 0 Å². The van der Waals surface area contributed by atoms with Gasteiger partial charge in [0.05, 0.1) is 31.5 Å². The Morgan fingerprint density at radius 3 is 1.95 bits per heavy atom. The molecule has 7 heteroatoms. The van der Waals surface area contributed by atoms with Crippen LogP contribution < -0.4 is 10.4 Å². The fourth-order valence-corrected chi connectivity index (χ4v) is 12.0. The average molecular weight is 591 g/mol. The molecule has 2 aromatic carbocycles. The molecule has 4 unspecified atom stereocenters. The molecule has 0 radical (unpaired) electrons. The number of aliphatic hydroxyl groups is 1. The van der Waals surface area contributed by atoms with Gasteiger partial charge in [0, 0.05) is 18.4 Å². The number of methoxy groups -OCH3 is 2. The Morgan fingerprint density at radius 2 is 1.48 bits per heavy atom. The number of rotatable bonds is 9. The minimum Gasteiger partial charge on any atom is -0.466 e. The van der Waals surface area contributed by atoms with Gasteiger partial charge in [-0.2, -0.15) is 0 Å². The highest BCUT2D eigenvalue weighted by molar-refractivity contribution is 6.99. The van der Waals surface area contributed by atoms with Gasteiger partial charge in [-0.1, -0.05) is 108 Å². The van der Waals surface area contributed by atoms with Crippen LogP contribution in [0, 0.1) is 16.7 Å². The highest BCUT2D eigenvalue weighted by Gasteiger charge is 2.60. The molecule has 0 spiro atoms. The molecule has 0 bridgehead atoms. The second kappa shape index (κ2) is 11.9. The number of ether oxygens (including phenoxy) is 2. The van der Waals surface area contributed by atoms with E-state index in [-0.39, 0.29) is 28.5 Å². The van der Waals surface area contributed by atoms with Crippen molar-refractivity contribution in [2.75, 3.05) is 20.8 Å². The third kappa shape index (κ3) is 4.99. The van der Waals surface area contributed by atoms with Crippen LogP contribution in [0.15, 0.2) is 83.5 Å². The minimum absolute atomic E-state index is 0.0336. The predicted molar refractivity (Wildman–Crippen MR) is 168 cm³/mol. The molecule has 0 aliphatic heterocycles. The largest absolute Gasteiger partial charge is 0.466 e. The minimum atomic E-state index is -2.69. The number of esters is 2. The average Bonchev–Trinajstić information content (AvgIpc) is 3.27. The van der Waals surface area contributed by atoms with E-state index in [9.17, 15) is 14.7 Å². The number of hydrogen-bond donors (Lipinski definition) is 1. The molecule has 226 valence electrons. The molecular formula is C35H46O6Si. The molecule has 0 aromatic heterocycles. The first-order chi connectivity index (χ1) is 19.8. The van der Waals surface area contributed by atoms with Crippen molar-refractivity contribution in [1.82, 2.24) is 0 Å². The second-order valence-corrected chi connectivity index (χ2v) is 17.5. The monoisotopic (exact) mass is 590 g/mol. The molecule has 0 heterocycles. The molecule has 0 amide bonds. The first-order valence-corrected chi connectivity index (χ1v) is 16.7. The van der Waals surface area contributed by atoms with Crippen LogP contribution in [0.1, 0.15) is 60.8 Å². The lowest BCUT2D eigenvalue weighted by Crippen LogP contribution is -2.66. The summed E-state index contributed by atoms with van der Waals surface area (Å²) in [5.74, 6) is -1.06. The summed E-state index contributed by atoms with van der Waals surface area (Å²) >= 11 is 0. The van der Waals surface area contributed by atoms with Crippen molar-refractivity contribution in [2.24, 2.45) is 16.7 Å². The van der Waals surface area contributed by atoms with Crippen LogP contribution in [0.3, 0.4) is 0 Å². The van der Waals surface area contributed by atoms with Gasteiger partial charge in [0.25, 0.3) is 8.32 Å². The molecule has 0 saturated carbocycles. The van der Waals surface area contributed by atoms with E-state index in [1.54, 1.807) is 0 Å². The van der Waals surface area contributed by atoms with Gasteiger partial charge in [0.1, 0.15) is 0 Å². The van der Waals surface area contributed by atoms with E-state index >= 15 is 0 Å². The third-order valence-corrected chi connectivity index (χ3v) is 15.3. The van der Waals surface area contributed by atoms with Crippen LogP contribution in [0.25, 0.3) is 0 Å². The van der Waals surface area contributed by atoms with Crippen LogP contribution in [0.4, 0.5) is 0 Å². The van der Waals surface area contributed by atoms with Gasteiger partial charge in [-0.25, -0.2) is 9.59 Å². The topological polar surface area (TPSA) is 82.1 Å². The van der Waals surface area contributed by atoms with Crippen LogP contribution in [0.2, 0.25) is 5.04 Å². The van der Waals surface area contributed by atoms with Crippen molar-refractivity contribution < 1.29 is 28.6 Å². The summed E-state index contributed by atoms with van der Waals surface area (Å²) in [6.07, 6.45) is 2.61. The van der Waals surface area contributed by atoms with E-state index in [0.29, 0.717) is 18.6 Å². The Hall–Kier alpha value is -3.00. The first kappa shape index (κ1) is 31.9. The highest BCUT2D eigenvalue weighted by Crippen LogP contribution is 2.63. The highest BCUT2D eigenvalue weighted by atomic mass is 28.4. The van der Waals surface area contributed by atoms with Crippen LogP contribution in [0.5, 0.6) is 0 Å². The molecule has 6 nitrogen and oxygen atoms in total. The van der Waals surface area contributed by atoms with Crippen molar-refractivity contribution >= 4 is 30.6 Å². The summed E-state index contributed by atoms with van der Waals surface area (Å²) in [6, 6.07) is 21.2. The maximum atomic E-state index is 13.0. The van der Waals surface area contributed by atoms with Crippen molar-refractivity contribution in [2.45, 2.75) is 71.9 Å². The Kier molecular flexibility index (Phi) is 9.08. The van der Waals surface area contributed by atoms with E-state index in [2.05, 4.69) is 83.1 Å². The van der Waals surface area contributed by atoms with Gasteiger partial charge in [-0.05, 0) is 45.2 Å². The SMILES string of the molecule is COC(=O)C1=C(C(=O)OC)C2=CCC(C)(C(C)CCO[Si](c3ccccc3)(c3ccccc3)C(C)(C)C)C2(C)C(O)C1. The molecule has 2 aromatic rings. The first-order valence-electron chi connectivity index (χ1n) is 14.8. The Labute approximate surface area is 251 Å². The third-order valence-electron chi connectivity index (χ3n) is 10.3.